The molecule has 0 aliphatic heterocycles. The maximum absolute atomic E-state index is 3.64. The van der Waals surface area contributed by atoms with Gasteiger partial charge in [0, 0.05) is 11.0 Å². The second-order valence-electron chi connectivity index (χ2n) is 5.53. The smallest absolute Gasteiger partial charge is 0.0253 e. The van der Waals surface area contributed by atoms with Crippen LogP contribution in [0.3, 0.4) is 0 Å². The van der Waals surface area contributed by atoms with Crippen LogP contribution in [0.2, 0.25) is 0 Å². The van der Waals surface area contributed by atoms with Crippen LogP contribution in [0, 0.1) is 5.92 Å². The molecular formula is C17H20BrN. The molecule has 2 heteroatoms. The van der Waals surface area contributed by atoms with E-state index in [-0.39, 0.29) is 0 Å². The molecule has 0 amide bonds. The van der Waals surface area contributed by atoms with E-state index in [4.69, 9.17) is 0 Å². The van der Waals surface area contributed by atoms with Gasteiger partial charge in [-0.3, -0.25) is 0 Å². The standard InChI is InChI=1S/C17H20BrN/c18-17-10-9-14(15-7-3-4-8-16(15)17)12-19-11-13-5-1-2-6-13/h3-4,7-10,13,19H,1-2,5-6,11-12H2. The van der Waals surface area contributed by atoms with Crippen molar-refractivity contribution in [3.8, 4) is 0 Å². The molecule has 0 atom stereocenters. The molecule has 2 aromatic rings. The fourth-order valence-corrected chi connectivity index (χ4v) is 3.58. The highest BCUT2D eigenvalue weighted by Crippen LogP contribution is 2.27. The fraction of sp³-hybridized carbons (Fsp3) is 0.412. The van der Waals surface area contributed by atoms with Gasteiger partial charge in [-0.25, -0.2) is 0 Å². The Labute approximate surface area is 123 Å². The van der Waals surface area contributed by atoms with Crippen LogP contribution in [0.25, 0.3) is 10.8 Å². The van der Waals surface area contributed by atoms with E-state index in [1.807, 2.05) is 0 Å². The third-order valence-electron chi connectivity index (χ3n) is 4.18. The SMILES string of the molecule is Brc1ccc(CNCC2CCCC2)c2ccccc12. The molecule has 0 aromatic heterocycles. The van der Waals surface area contributed by atoms with Crippen molar-refractivity contribution in [1.29, 1.82) is 0 Å². The Kier molecular flexibility index (Phi) is 4.19. The van der Waals surface area contributed by atoms with Gasteiger partial charge in [0.25, 0.3) is 0 Å². The second kappa shape index (κ2) is 6.06. The second-order valence-corrected chi connectivity index (χ2v) is 6.39. The quantitative estimate of drug-likeness (QED) is 0.847. The molecule has 19 heavy (non-hydrogen) atoms. The molecule has 1 nitrogen and oxygen atoms in total. The number of hydrogen-bond donors (Lipinski definition) is 1. The van der Waals surface area contributed by atoms with Gasteiger partial charge in [-0.1, -0.05) is 59.1 Å². The Morgan fingerprint density at radius 2 is 1.74 bits per heavy atom. The largest absolute Gasteiger partial charge is 0.312 e. The van der Waals surface area contributed by atoms with Crippen LogP contribution < -0.4 is 5.32 Å². The molecule has 0 radical (unpaired) electrons. The fourth-order valence-electron chi connectivity index (χ4n) is 3.10. The monoisotopic (exact) mass is 317 g/mol. The van der Waals surface area contributed by atoms with Gasteiger partial charge in [-0.15, -0.1) is 0 Å². The molecule has 1 aliphatic carbocycles. The van der Waals surface area contributed by atoms with Crippen molar-refractivity contribution < 1.29 is 0 Å². The zero-order valence-corrected chi connectivity index (χ0v) is 12.7. The van der Waals surface area contributed by atoms with E-state index in [0.29, 0.717) is 0 Å². The van der Waals surface area contributed by atoms with Crippen LogP contribution in [0.5, 0.6) is 0 Å². The minimum Gasteiger partial charge on any atom is -0.312 e. The van der Waals surface area contributed by atoms with E-state index in [9.17, 15) is 0 Å². The maximum Gasteiger partial charge on any atom is 0.0253 e. The van der Waals surface area contributed by atoms with Crippen LogP contribution in [0.4, 0.5) is 0 Å². The lowest BCUT2D eigenvalue weighted by Gasteiger charge is -2.12. The highest BCUT2D eigenvalue weighted by molar-refractivity contribution is 9.10. The molecule has 0 bridgehead atoms. The molecule has 1 aliphatic rings. The normalized spacial score (nSPS) is 16.3. The number of halogens is 1. The van der Waals surface area contributed by atoms with Crippen molar-refractivity contribution >= 4 is 26.7 Å². The summed E-state index contributed by atoms with van der Waals surface area (Å²) in [6.45, 7) is 2.15. The minimum atomic E-state index is 0.904. The van der Waals surface area contributed by atoms with Crippen molar-refractivity contribution in [3.05, 3.63) is 46.4 Å². The lowest BCUT2D eigenvalue weighted by Crippen LogP contribution is -2.20. The van der Waals surface area contributed by atoms with E-state index >= 15 is 0 Å². The first-order valence-electron chi connectivity index (χ1n) is 7.21. The summed E-state index contributed by atoms with van der Waals surface area (Å²) < 4.78 is 1.18. The molecule has 1 saturated carbocycles. The van der Waals surface area contributed by atoms with Gasteiger partial charge in [0.2, 0.25) is 0 Å². The zero-order chi connectivity index (χ0) is 13.1. The Bertz CT molecular complexity index is 558. The predicted molar refractivity (Wildman–Crippen MR) is 85.3 cm³/mol. The summed E-state index contributed by atoms with van der Waals surface area (Å²) in [7, 11) is 0. The summed E-state index contributed by atoms with van der Waals surface area (Å²) in [5.74, 6) is 0.904. The summed E-state index contributed by atoms with van der Waals surface area (Å²) >= 11 is 3.63. The van der Waals surface area contributed by atoms with Crippen molar-refractivity contribution in [2.45, 2.75) is 32.2 Å². The van der Waals surface area contributed by atoms with Gasteiger partial charge in [0.1, 0.15) is 0 Å². The minimum absolute atomic E-state index is 0.904. The van der Waals surface area contributed by atoms with Crippen molar-refractivity contribution in [2.75, 3.05) is 6.54 Å². The third kappa shape index (κ3) is 3.01. The summed E-state index contributed by atoms with van der Waals surface area (Å²) in [6.07, 6.45) is 5.67. The summed E-state index contributed by atoms with van der Waals surface area (Å²) in [5, 5.41) is 6.31. The van der Waals surface area contributed by atoms with Gasteiger partial charge in [0.05, 0.1) is 0 Å². The number of fused-ring (bicyclic) bond motifs is 1. The van der Waals surface area contributed by atoms with E-state index in [1.165, 1.54) is 53.0 Å². The first kappa shape index (κ1) is 13.1. The molecule has 3 rings (SSSR count). The topological polar surface area (TPSA) is 12.0 Å². The zero-order valence-electron chi connectivity index (χ0n) is 11.2. The third-order valence-corrected chi connectivity index (χ3v) is 4.88. The average molecular weight is 318 g/mol. The molecule has 0 saturated heterocycles. The van der Waals surface area contributed by atoms with Crippen LogP contribution in [-0.2, 0) is 6.54 Å². The first-order valence-corrected chi connectivity index (χ1v) is 8.01. The highest BCUT2D eigenvalue weighted by Gasteiger charge is 2.14. The lowest BCUT2D eigenvalue weighted by atomic mass is 10.0. The summed E-state index contributed by atoms with van der Waals surface area (Å²) in [6, 6.07) is 13.0. The predicted octanol–water partition coefficient (Wildman–Crippen LogP) is 4.88. The van der Waals surface area contributed by atoms with Crippen molar-refractivity contribution in [2.24, 2.45) is 5.92 Å². The summed E-state index contributed by atoms with van der Waals surface area (Å²) in [5.41, 5.74) is 1.40. The number of rotatable bonds is 4. The van der Waals surface area contributed by atoms with Crippen LogP contribution in [-0.4, -0.2) is 6.54 Å². The van der Waals surface area contributed by atoms with Crippen LogP contribution in [0.1, 0.15) is 31.2 Å². The van der Waals surface area contributed by atoms with Gasteiger partial charge >= 0.3 is 0 Å². The number of nitrogens with one attached hydrogen (secondary N) is 1. The highest BCUT2D eigenvalue weighted by atomic mass is 79.9. The van der Waals surface area contributed by atoms with Gasteiger partial charge in [-0.05, 0) is 47.7 Å². The number of benzene rings is 2. The Morgan fingerprint density at radius 1 is 1.00 bits per heavy atom. The molecule has 0 spiro atoms. The Hall–Kier alpha value is -0.860. The molecule has 0 heterocycles. The van der Waals surface area contributed by atoms with E-state index in [2.05, 4.69) is 57.6 Å². The molecule has 1 fully saturated rings. The molecule has 100 valence electrons. The summed E-state index contributed by atoms with van der Waals surface area (Å²) in [4.78, 5) is 0. The maximum atomic E-state index is 3.64. The average Bonchev–Trinajstić information content (AvgIpc) is 2.95. The number of hydrogen-bond acceptors (Lipinski definition) is 1. The molecular weight excluding hydrogens is 298 g/mol. The molecule has 0 unspecified atom stereocenters. The first-order chi connectivity index (χ1) is 9.34. The van der Waals surface area contributed by atoms with Gasteiger partial charge in [0.15, 0.2) is 0 Å². The van der Waals surface area contributed by atoms with Crippen LogP contribution in [0.15, 0.2) is 40.9 Å². The van der Waals surface area contributed by atoms with Crippen molar-refractivity contribution in [3.63, 3.8) is 0 Å². The van der Waals surface area contributed by atoms with Gasteiger partial charge < -0.3 is 5.32 Å². The Morgan fingerprint density at radius 3 is 2.53 bits per heavy atom. The van der Waals surface area contributed by atoms with Crippen molar-refractivity contribution in [1.82, 2.24) is 5.32 Å². The lowest BCUT2D eigenvalue weighted by molar-refractivity contribution is 0.490. The van der Waals surface area contributed by atoms with E-state index in [0.717, 1.165) is 12.5 Å². The Balaban J connectivity index is 1.72. The van der Waals surface area contributed by atoms with Gasteiger partial charge in [-0.2, -0.15) is 0 Å². The molecule has 1 N–H and O–H groups in total. The van der Waals surface area contributed by atoms with Crippen LogP contribution >= 0.6 is 15.9 Å². The molecule has 2 aromatic carbocycles. The van der Waals surface area contributed by atoms with E-state index < -0.39 is 0 Å². The van der Waals surface area contributed by atoms with E-state index in [1.54, 1.807) is 0 Å².